The number of carbonyl (C=O) groups is 2. The fraction of sp³-hybridized carbons (Fsp3) is 0.125. The van der Waals surface area contributed by atoms with Crippen LogP contribution in [-0.4, -0.2) is 18.4 Å². The summed E-state index contributed by atoms with van der Waals surface area (Å²) >= 11 is 0. The van der Waals surface area contributed by atoms with Crippen molar-refractivity contribution in [2.75, 3.05) is 12.0 Å². The predicted molar refractivity (Wildman–Crippen MR) is 81.5 cm³/mol. The van der Waals surface area contributed by atoms with Crippen molar-refractivity contribution in [2.45, 2.75) is 6.92 Å². The van der Waals surface area contributed by atoms with Crippen LogP contribution in [0, 0.1) is 36.0 Å². The molecule has 0 fully saturated rings. The monoisotopic (exact) mass is 373 g/mol. The highest BCUT2D eigenvalue weighted by molar-refractivity contribution is 5.96. The summed E-state index contributed by atoms with van der Waals surface area (Å²) in [6.45, 7) is 1.16. The van der Waals surface area contributed by atoms with Crippen LogP contribution in [-0.2, 0) is 4.79 Å². The molecule has 0 aliphatic carbocycles. The zero-order valence-corrected chi connectivity index (χ0v) is 13.2. The molecule has 2 aromatic carbocycles. The molecular formula is C16H12F5N3O2. The van der Waals surface area contributed by atoms with E-state index >= 15 is 0 Å². The Kier molecular flexibility index (Phi) is 5.75. The van der Waals surface area contributed by atoms with Gasteiger partial charge in [0.15, 0.2) is 23.3 Å². The molecular weight excluding hydrogens is 361 g/mol. The summed E-state index contributed by atoms with van der Waals surface area (Å²) in [4.78, 5) is 23.4. The second-order valence-electron chi connectivity index (χ2n) is 5.17. The topological polar surface area (TPSA) is 70.2 Å². The molecule has 0 radical (unpaired) electrons. The van der Waals surface area contributed by atoms with Crippen LogP contribution in [0.1, 0.15) is 15.9 Å². The van der Waals surface area contributed by atoms with Crippen LogP contribution >= 0.6 is 0 Å². The third-order valence-electron chi connectivity index (χ3n) is 3.23. The minimum Gasteiger partial charge on any atom is -0.343 e. The maximum Gasteiger partial charge on any atom is 0.257 e. The van der Waals surface area contributed by atoms with Gasteiger partial charge in [-0.3, -0.25) is 20.4 Å². The summed E-state index contributed by atoms with van der Waals surface area (Å²) in [5, 5.41) is 2.24. The van der Waals surface area contributed by atoms with Crippen molar-refractivity contribution in [3.05, 3.63) is 64.5 Å². The molecule has 0 atom stereocenters. The first-order valence-electron chi connectivity index (χ1n) is 7.13. The summed E-state index contributed by atoms with van der Waals surface area (Å²) in [5.74, 6) is -12.5. The lowest BCUT2D eigenvalue weighted by Gasteiger charge is -2.12. The first-order chi connectivity index (χ1) is 12.2. The van der Waals surface area contributed by atoms with Gasteiger partial charge in [-0.25, -0.2) is 22.0 Å². The molecule has 26 heavy (non-hydrogen) atoms. The van der Waals surface area contributed by atoms with E-state index in [9.17, 15) is 31.5 Å². The highest BCUT2D eigenvalue weighted by atomic mass is 19.2. The smallest absolute Gasteiger partial charge is 0.257 e. The molecule has 5 nitrogen and oxygen atoms in total. The number of hydrogen-bond acceptors (Lipinski definition) is 3. The van der Waals surface area contributed by atoms with Gasteiger partial charge in [-0.2, -0.15) is 0 Å². The van der Waals surface area contributed by atoms with Crippen LogP contribution in [0.25, 0.3) is 0 Å². The first kappa shape index (κ1) is 19.2. The Hall–Kier alpha value is -3.17. The van der Waals surface area contributed by atoms with Gasteiger partial charge in [-0.15, -0.1) is 0 Å². The number of benzene rings is 2. The number of aryl methyl sites for hydroxylation is 1. The lowest BCUT2D eigenvalue weighted by molar-refractivity contribution is -0.119. The van der Waals surface area contributed by atoms with Gasteiger partial charge in [0.05, 0.1) is 6.54 Å². The zero-order valence-electron chi connectivity index (χ0n) is 13.2. The first-order valence-corrected chi connectivity index (χ1v) is 7.13. The number of halogens is 5. The highest BCUT2D eigenvalue weighted by Crippen LogP contribution is 2.26. The quantitative estimate of drug-likeness (QED) is 0.327. The van der Waals surface area contributed by atoms with E-state index in [1.807, 2.05) is 0 Å². The molecule has 2 rings (SSSR count). The molecule has 3 N–H and O–H groups in total. The molecule has 2 amide bonds. The van der Waals surface area contributed by atoms with Crippen molar-refractivity contribution in [2.24, 2.45) is 0 Å². The van der Waals surface area contributed by atoms with Crippen LogP contribution < -0.4 is 16.2 Å². The third kappa shape index (κ3) is 4.08. The van der Waals surface area contributed by atoms with Crippen molar-refractivity contribution in [1.82, 2.24) is 10.7 Å². The van der Waals surface area contributed by atoms with E-state index in [0.717, 1.165) is 5.56 Å². The minimum absolute atomic E-state index is 0.283. The lowest BCUT2D eigenvalue weighted by Crippen LogP contribution is -2.40. The van der Waals surface area contributed by atoms with E-state index in [1.165, 1.54) is 6.07 Å². The molecule has 2 aromatic rings. The predicted octanol–water partition coefficient (Wildman–Crippen LogP) is 2.56. The van der Waals surface area contributed by atoms with E-state index in [2.05, 4.69) is 5.32 Å². The Bertz CT molecular complexity index is 844. The van der Waals surface area contributed by atoms with Gasteiger partial charge in [0.25, 0.3) is 11.8 Å². The fourth-order valence-corrected chi connectivity index (χ4v) is 1.94. The summed E-state index contributed by atoms with van der Waals surface area (Å²) in [6, 6.07) is 6.47. The van der Waals surface area contributed by atoms with Gasteiger partial charge in [0.1, 0.15) is 5.69 Å². The number of carbonyl (C=O) groups excluding carboxylic acids is 2. The SMILES string of the molecule is Cc1cccc(C(=O)NCC(=O)NNc2c(F)c(F)c(F)c(F)c2F)c1. The van der Waals surface area contributed by atoms with E-state index < -0.39 is 53.1 Å². The Morgan fingerprint density at radius 1 is 0.923 bits per heavy atom. The number of hydrogen-bond donors (Lipinski definition) is 3. The van der Waals surface area contributed by atoms with Crippen molar-refractivity contribution in [3.8, 4) is 0 Å². The molecule has 0 unspecified atom stereocenters. The summed E-state index contributed by atoms with van der Waals surface area (Å²) in [5.41, 5.74) is 3.03. The molecule has 0 heterocycles. The van der Waals surface area contributed by atoms with Crippen molar-refractivity contribution >= 4 is 17.5 Å². The Morgan fingerprint density at radius 3 is 2.08 bits per heavy atom. The third-order valence-corrected chi connectivity index (χ3v) is 3.23. The van der Waals surface area contributed by atoms with Crippen LogP contribution in [0.3, 0.4) is 0 Å². The molecule has 0 spiro atoms. The van der Waals surface area contributed by atoms with Gasteiger partial charge in [0.2, 0.25) is 5.82 Å². The standard InChI is InChI=1S/C16H12F5N3O2/c1-7-3-2-4-8(5-7)16(26)22-6-9(25)23-24-15-13(20)11(18)10(17)12(19)14(15)21/h2-5,24H,6H2,1H3,(H,22,26)(H,23,25). The van der Waals surface area contributed by atoms with E-state index in [-0.39, 0.29) is 5.56 Å². The van der Waals surface area contributed by atoms with Crippen LogP contribution in [0.15, 0.2) is 24.3 Å². The van der Waals surface area contributed by atoms with Gasteiger partial charge >= 0.3 is 0 Å². The molecule has 0 aliphatic heterocycles. The second-order valence-corrected chi connectivity index (χ2v) is 5.17. The van der Waals surface area contributed by atoms with E-state index in [1.54, 1.807) is 36.0 Å². The number of anilines is 1. The largest absolute Gasteiger partial charge is 0.343 e. The van der Waals surface area contributed by atoms with Crippen LogP contribution in [0.5, 0.6) is 0 Å². The summed E-state index contributed by atoms with van der Waals surface area (Å²) < 4.78 is 65.8. The van der Waals surface area contributed by atoms with Gasteiger partial charge < -0.3 is 5.32 Å². The van der Waals surface area contributed by atoms with Crippen molar-refractivity contribution < 1.29 is 31.5 Å². The van der Waals surface area contributed by atoms with Crippen molar-refractivity contribution in [1.29, 1.82) is 0 Å². The number of amides is 2. The van der Waals surface area contributed by atoms with E-state index in [0.29, 0.717) is 0 Å². The summed E-state index contributed by atoms with van der Waals surface area (Å²) in [7, 11) is 0. The fourth-order valence-electron chi connectivity index (χ4n) is 1.94. The molecule has 0 bridgehead atoms. The molecule has 138 valence electrons. The zero-order chi connectivity index (χ0) is 19.4. The normalized spacial score (nSPS) is 10.4. The average Bonchev–Trinajstić information content (AvgIpc) is 2.62. The Morgan fingerprint density at radius 2 is 1.50 bits per heavy atom. The molecule has 0 saturated heterocycles. The van der Waals surface area contributed by atoms with Gasteiger partial charge in [0, 0.05) is 5.56 Å². The maximum atomic E-state index is 13.4. The number of rotatable bonds is 5. The molecule has 0 saturated carbocycles. The Labute approximate surface area is 144 Å². The van der Waals surface area contributed by atoms with E-state index in [4.69, 9.17) is 0 Å². The lowest BCUT2D eigenvalue weighted by atomic mass is 10.1. The number of nitrogens with one attached hydrogen (secondary N) is 3. The molecule has 0 aromatic heterocycles. The van der Waals surface area contributed by atoms with Gasteiger partial charge in [-0.1, -0.05) is 17.7 Å². The number of hydrazine groups is 1. The van der Waals surface area contributed by atoms with Crippen molar-refractivity contribution in [3.63, 3.8) is 0 Å². The minimum atomic E-state index is -2.32. The summed E-state index contributed by atoms with van der Waals surface area (Å²) in [6.07, 6.45) is 0. The Balaban J connectivity index is 1.97. The molecule has 0 aliphatic rings. The average molecular weight is 373 g/mol. The van der Waals surface area contributed by atoms with Crippen LogP contribution in [0.4, 0.5) is 27.6 Å². The molecule has 10 heteroatoms. The maximum absolute atomic E-state index is 13.4. The van der Waals surface area contributed by atoms with Gasteiger partial charge in [-0.05, 0) is 19.1 Å². The highest BCUT2D eigenvalue weighted by Gasteiger charge is 2.26. The second kappa shape index (κ2) is 7.81. The van der Waals surface area contributed by atoms with Crippen LogP contribution in [0.2, 0.25) is 0 Å².